The van der Waals surface area contributed by atoms with Crippen molar-refractivity contribution >= 4 is 5.78 Å². The summed E-state index contributed by atoms with van der Waals surface area (Å²) in [6, 6.07) is 6.20. The second-order valence-electron chi connectivity index (χ2n) is 6.85. The van der Waals surface area contributed by atoms with Crippen LogP contribution in [0.5, 0.6) is 11.5 Å². The van der Waals surface area contributed by atoms with Gasteiger partial charge in [0.25, 0.3) is 0 Å². The van der Waals surface area contributed by atoms with Crippen LogP contribution in [-0.4, -0.2) is 19.5 Å². The highest BCUT2D eigenvalue weighted by atomic mass is 16.5. The van der Waals surface area contributed by atoms with Crippen LogP contribution in [0.25, 0.3) is 0 Å². The summed E-state index contributed by atoms with van der Waals surface area (Å²) in [5.74, 6) is 3.61. The zero-order valence-corrected chi connectivity index (χ0v) is 14.9. The van der Waals surface area contributed by atoms with Crippen molar-refractivity contribution in [3.63, 3.8) is 0 Å². The Balaban J connectivity index is 2.20. The fourth-order valence-electron chi connectivity index (χ4n) is 3.61. The van der Waals surface area contributed by atoms with Gasteiger partial charge in [-0.2, -0.15) is 0 Å². The fraction of sp³-hybridized carbons (Fsp3) is 0.650. The monoisotopic (exact) mass is 318 g/mol. The molecule has 0 fully saturated rings. The van der Waals surface area contributed by atoms with Gasteiger partial charge in [0.05, 0.1) is 13.7 Å². The van der Waals surface area contributed by atoms with Crippen molar-refractivity contribution < 1.29 is 14.3 Å². The van der Waals surface area contributed by atoms with E-state index in [0.29, 0.717) is 24.2 Å². The number of hydrogen-bond acceptors (Lipinski definition) is 3. The maximum Gasteiger partial charge on any atom is 0.129 e. The molecule has 0 aromatic heterocycles. The predicted molar refractivity (Wildman–Crippen MR) is 93.3 cm³/mol. The van der Waals surface area contributed by atoms with E-state index in [4.69, 9.17) is 9.47 Å². The Labute approximate surface area is 140 Å². The van der Waals surface area contributed by atoms with Gasteiger partial charge in [-0.3, -0.25) is 0 Å². The van der Waals surface area contributed by atoms with Crippen LogP contribution in [0, 0.1) is 11.8 Å². The van der Waals surface area contributed by atoms with Crippen LogP contribution in [0.4, 0.5) is 0 Å². The third-order valence-corrected chi connectivity index (χ3v) is 5.12. The van der Waals surface area contributed by atoms with E-state index in [2.05, 4.69) is 19.9 Å². The number of hydrogen-bond donors (Lipinski definition) is 0. The first-order valence-corrected chi connectivity index (χ1v) is 8.87. The van der Waals surface area contributed by atoms with Gasteiger partial charge in [-0.1, -0.05) is 32.8 Å². The second-order valence-corrected chi connectivity index (χ2v) is 6.85. The van der Waals surface area contributed by atoms with Crippen molar-refractivity contribution in [2.45, 2.75) is 58.8 Å². The van der Waals surface area contributed by atoms with Gasteiger partial charge in [0.15, 0.2) is 0 Å². The summed E-state index contributed by atoms with van der Waals surface area (Å²) < 4.78 is 11.4. The molecule has 23 heavy (non-hydrogen) atoms. The van der Waals surface area contributed by atoms with Crippen molar-refractivity contribution in [2.75, 3.05) is 13.7 Å². The second kappa shape index (κ2) is 8.37. The van der Waals surface area contributed by atoms with Crippen molar-refractivity contribution in [2.24, 2.45) is 11.8 Å². The van der Waals surface area contributed by atoms with Crippen LogP contribution in [0.15, 0.2) is 18.2 Å². The zero-order valence-electron chi connectivity index (χ0n) is 14.9. The molecule has 1 aliphatic heterocycles. The average Bonchev–Trinajstić information content (AvgIpc) is 2.56. The molecule has 0 spiro atoms. The lowest BCUT2D eigenvalue weighted by atomic mass is 9.73. The molecule has 1 heterocycles. The lowest BCUT2D eigenvalue weighted by Gasteiger charge is -2.37. The number of fused-ring (bicyclic) bond motifs is 1. The standard InChI is InChI=1S/C20H30O3/c1-5-6-7-17-18-11-10-16(22-4)12-20(18)23-13-19(17)14(2)8-9-15(3)21/h10-12,14,17,19H,5-9,13H2,1-4H3/t14-,17+,19+/m0/s1. The summed E-state index contributed by atoms with van der Waals surface area (Å²) in [6.07, 6.45) is 5.25. The lowest BCUT2D eigenvalue weighted by molar-refractivity contribution is -0.117. The minimum absolute atomic E-state index is 0.281. The molecule has 2 rings (SSSR count). The van der Waals surface area contributed by atoms with Crippen LogP contribution in [0.3, 0.4) is 0 Å². The summed E-state index contributed by atoms with van der Waals surface area (Å²) in [7, 11) is 1.69. The number of unbranched alkanes of at least 4 members (excludes halogenated alkanes) is 1. The highest BCUT2D eigenvalue weighted by Gasteiger charge is 2.34. The molecule has 0 unspecified atom stereocenters. The van der Waals surface area contributed by atoms with E-state index < -0.39 is 0 Å². The molecular weight excluding hydrogens is 288 g/mol. The Bertz CT molecular complexity index is 524. The molecule has 0 amide bonds. The quantitative estimate of drug-likeness (QED) is 0.678. The molecule has 1 aromatic carbocycles. The number of carbonyl (C=O) groups is 1. The van der Waals surface area contributed by atoms with Gasteiger partial charge in [-0.05, 0) is 43.2 Å². The molecule has 128 valence electrons. The third-order valence-electron chi connectivity index (χ3n) is 5.12. The van der Waals surface area contributed by atoms with Gasteiger partial charge in [0.2, 0.25) is 0 Å². The number of methoxy groups -OCH3 is 1. The average molecular weight is 318 g/mol. The zero-order chi connectivity index (χ0) is 16.8. The van der Waals surface area contributed by atoms with Crippen LogP contribution in [0.1, 0.15) is 64.4 Å². The molecule has 0 N–H and O–H groups in total. The van der Waals surface area contributed by atoms with E-state index in [1.54, 1.807) is 14.0 Å². The summed E-state index contributed by atoms with van der Waals surface area (Å²) >= 11 is 0. The van der Waals surface area contributed by atoms with E-state index in [-0.39, 0.29) is 5.78 Å². The van der Waals surface area contributed by atoms with Crippen molar-refractivity contribution in [1.82, 2.24) is 0 Å². The first-order valence-electron chi connectivity index (χ1n) is 8.87. The smallest absolute Gasteiger partial charge is 0.129 e. The number of ether oxygens (including phenoxy) is 2. The third kappa shape index (κ3) is 4.49. The van der Waals surface area contributed by atoms with Crippen LogP contribution in [-0.2, 0) is 4.79 Å². The maximum absolute atomic E-state index is 11.3. The predicted octanol–water partition coefficient (Wildman–Crippen LogP) is 4.98. The van der Waals surface area contributed by atoms with Crippen LogP contribution >= 0.6 is 0 Å². The van der Waals surface area contributed by atoms with Gasteiger partial charge in [0.1, 0.15) is 17.3 Å². The Kier molecular flexibility index (Phi) is 6.49. The van der Waals surface area contributed by atoms with Crippen LogP contribution in [0.2, 0.25) is 0 Å². The Hall–Kier alpha value is -1.51. The first kappa shape index (κ1) is 17.8. The minimum atomic E-state index is 0.281. The minimum Gasteiger partial charge on any atom is -0.497 e. The summed E-state index contributed by atoms with van der Waals surface area (Å²) in [4.78, 5) is 11.3. The molecule has 0 aliphatic carbocycles. The summed E-state index contributed by atoms with van der Waals surface area (Å²) in [5, 5.41) is 0. The highest BCUT2D eigenvalue weighted by molar-refractivity contribution is 5.75. The number of benzene rings is 1. The molecule has 3 nitrogen and oxygen atoms in total. The van der Waals surface area contributed by atoms with Gasteiger partial charge >= 0.3 is 0 Å². The largest absolute Gasteiger partial charge is 0.497 e. The summed E-state index contributed by atoms with van der Waals surface area (Å²) in [5.41, 5.74) is 1.31. The molecule has 0 saturated carbocycles. The maximum atomic E-state index is 11.3. The van der Waals surface area contributed by atoms with E-state index in [0.717, 1.165) is 24.5 Å². The summed E-state index contributed by atoms with van der Waals surface area (Å²) in [6.45, 7) is 6.93. The van der Waals surface area contributed by atoms with Crippen molar-refractivity contribution in [1.29, 1.82) is 0 Å². The van der Waals surface area contributed by atoms with Gasteiger partial charge in [0, 0.05) is 18.4 Å². The molecular formula is C20H30O3. The number of Topliss-reactive ketones (excluding diaryl/α,β-unsaturated/α-hetero) is 1. The van der Waals surface area contributed by atoms with Crippen LogP contribution < -0.4 is 9.47 Å². The van der Waals surface area contributed by atoms with E-state index in [1.807, 2.05) is 12.1 Å². The SMILES string of the molecule is CCCC[C@@H]1c2ccc(OC)cc2OC[C@@H]1[C@@H](C)CCC(C)=O. The molecule has 0 bridgehead atoms. The molecule has 3 heteroatoms. The molecule has 0 saturated heterocycles. The van der Waals surface area contributed by atoms with Gasteiger partial charge in [-0.15, -0.1) is 0 Å². The first-order chi connectivity index (χ1) is 11.1. The number of rotatable bonds is 8. The molecule has 1 aliphatic rings. The van der Waals surface area contributed by atoms with Crippen molar-refractivity contribution in [3.05, 3.63) is 23.8 Å². The Morgan fingerprint density at radius 1 is 1.43 bits per heavy atom. The lowest BCUT2D eigenvalue weighted by Crippen LogP contribution is -2.31. The normalized spacial score (nSPS) is 21.2. The molecule has 0 radical (unpaired) electrons. The Morgan fingerprint density at radius 2 is 2.22 bits per heavy atom. The Morgan fingerprint density at radius 3 is 2.87 bits per heavy atom. The number of carbonyl (C=O) groups excluding carboxylic acids is 1. The fourth-order valence-corrected chi connectivity index (χ4v) is 3.61. The van der Waals surface area contributed by atoms with Gasteiger partial charge in [-0.25, -0.2) is 0 Å². The van der Waals surface area contributed by atoms with Gasteiger partial charge < -0.3 is 14.3 Å². The highest BCUT2D eigenvalue weighted by Crippen LogP contribution is 2.45. The molecule has 3 atom stereocenters. The number of ketones is 1. The topological polar surface area (TPSA) is 35.5 Å². The van der Waals surface area contributed by atoms with E-state index in [9.17, 15) is 4.79 Å². The van der Waals surface area contributed by atoms with E-state index in [1.165, 1.54) is 24.8 Å². The van der Waals surface area contributed by atoms with E-state index >= 15 is 0 Å². The molecule has 1 aromatic rings. The van der Waals surface area contributed by atoms with Crippen molar-refractivity contribution in [3.8, 4) is 11.5 Å².